The maximum Gasteiger partial charge on any atom is 0.410 e. The van der Waals surface area contributed by atoms with Gasteiger partial charge >= 0.3 is 6.09 Å². The molecule has 42 heavy (non-hydrogen) atoms. The van der Waals surface area contributed by atoms with E-state index in [1.54, 1.807) is 17.3 Å². The molecule has 216 valence electrons. The van der Waals surface area contributed by atoms with Gasteiger partial charge in [0.2, 0.25) is 5.95 Å². The van der Waals surface area contributed by atoms with Gasteiger partial charge < -0.3 is 30.2 Å². The Hall–Kier alpha value is -5.13. The molecule has 0 atom stereocenters. The number of piperazine rings is 1. The number of rotatable bonds is 5. The molecule has 6 rings (SSSR count). The predicted molar refractivity (Wildman–Crippen MR) is 162 cm³/mol. The van der Waals surface area contributed by atoms with Gasteiger partial charge in [-0.05, 0) is 69.7 Å². The molecule has 3 aromatic heterocycles. The van der Waals surface area contributed by atoms with E-state index in [0.717, 1.165) is 22.2 Å². The minimum absolute atomic E-state index is 0.259. The molecular formula is C30H33N9O3. The van der Waals surface area contributed by atoms with Gasteiger partial charge in [-0.25, -0.2) is 14.8 Å². The third-order valence-corrected chi connectivity index (χ3v) is 7.06. The van der Waals surface area contributed by atoms with Crippen LogP contribution in [0.1, 0.15) is 36.7 Å². The van der Waals surface area contributed by atoms with Crippen LogP contribution in [0.4, 0.5) is 27.9 Å². The Labute approximate surface area is 242 Å². The lowest BCUT2D eigenvalue weighted by Gasteiger charge is -2.37. The van der Waals surface area contributed by atoms with Gasteiger partial charge in [0, 0.05) is 43.4 Å². The van der Waals surface area contributed by atoms with Crippen LogP contribution in [0.2, 0.25) is 0 Å². The van der Waals surface area contributed by atoms with Crippen LogP contribution >= 0.6 is 0 Å². The number of ether oxygens (including phenoxy) is 1. The number of carbonyl (C=O) groups excluding carboxylic acids is 2. The number of imidazole rings is 1. The highest BCUT2D eigenvalue weighted by molar-refractivity contribution is 6.11. The summed E-state index contributed by atoms with van der Waals surface area (Å²) in [5.74, 6) is 0.960. The second-order valence-corrected chi connectivity index (χ2v) is 11.3. The van der Waals surface area contributed by atoms with Crippen molar-refractivity contribution in [3.63, 3.8) is 0 Å². The van der Waals surface area contributed by atoms with Gasteiger partial charge in [-0.3, -0.25) is 9.89 Å². The second-order valence-electron chi connectivity index (χ2n) is 11.3. The topological polar surface area (TPSA) is 144 Å². The summed E-state index contributed by atoms with van der Waals surface area (Å²) in [5, 5.41) is 14.2. The fourth-order valence-corrected chi connectivity index (χ4v) is 4.95. The van der Waals surface area contributed by atoms with Crippen LogP contribution in [-0.2, 0) is 4.74 Å². The molecule has 0 aliphatic carbocycles. The number of hydrogen-bond donors (Lipinski definition) is 4. The monoisotopic (exact) mass is 567 g/mol. The van der Waals surface area contributed by atoms with Crippen LogP contribution in [0.15, 0.2) is 54.9 Å². The molecule has 2 aromatic carbocycles. The molecule has 12 heteroatoms. The second kappa shape index (κ2) is 10.7. The SMILES string of the molecule is Cc1cccnc1Nc1nc2cc(N3CCN(C(=O)OC(C)(C)C)CC3)c(C(=O)Nc3ccc4cn[nH]c4c3)cc2[nH]1. The number of anilines is 4. The lowest BCUT2D eigenvalue weighted by Crippen LogP contribution is -2.50. The summed E-state index contributed by atoms with van der Waals surface area (Å²) < 4.78 is 5.56. The van der Waals surface area contributed by atoms with Crippen LogP contribution in [-0.4, -0.2) is 73.8 Å². The largest absolute Gasteiger partial charge is 0.444 e. The molecule has 0 radical (unpaired) electrons. The van der Waals surface area contributed by atoms with Crippen molar-refractivity contribution in [2.75, 3.05) is 41.7 Å². The first-order chi connectivity index (χ1) is 20.1. The Kier molecular flexibility index (Phi) is 6.89. The predicted octanol–water partition coefficient (Wildman–Crippen LogP) is 5.20. The molecule has 4 N–H and O–H groups in total. The molecule has 0 spiro atoms. The van der Waals surface area contributed by atoms with Crippen LogP contribution in [0.3, 0.4) is 0 Å². The fraction of sp³-hybridized carbons (Fsp3) is 0.300. The van der Waals surface area contributed by atoms with Gasteiger partial charge in [0.15, 0.2) is 0 Å². The summed E-state index contributed by atoms with van der Waals surface area (Å²) >= 11 is 0. The standard InChI is InChI=1S/C30H33N9O3/c1-18-6-5-9-31-26(18)36-28-34-23-15-21(27(40)33-20-8-7-19-17-32-37-22(19)14-20)25(16-24(23)35-28)38-10-12-39(13-11-38)29(41)42-30(2,3)4/h5-9,14-17H,10-13H2,1-4H3,(H,32,37)(H,33,40)(H2,31,34,35,36). The first-order valence-electron chi connectivity index (χ1n) is 13.8. The number of benzene rings is 2. The number of fused-ring (bicyclic) bond motifs is 2. The lowest BCUT2D eigenvalue weighted by atomic mass is 10.1. The number of hydrogen-bond acceptors (Lipinski definition) is 8. The average molecular weight is 568 g/mol. The van der Waals surface area contributed by atoms with E-state index in [2.05, 4.69) is 35.7 Å². The van der Waals surface area contributed by atoms with Crippen LogP contribution < -0.4 is 15.5 Å². The van der Waals surface area contributed by atoms with E-state index < -0.39 is 5.60 Å². The number of aromatic nitrogens is 5. The van der Waals surface area contributed by atoms with E-state index in [1.165, 1.54) is 0 Å². The third-order valence-electron chi connectivity index (χ3n) is 7.06. The molecule has 1 aliphatic heterocycles. The smallest absolute Gasteiger partial charge is 0.410 e. The average Bonchev–Trinajstić information content (AvgIpc) is 3.58. The van der Waals surface area contributed by atoms with Gasteiger partial charge in [-0.15, -0.1) is 0 Å². The molecule has 1 fully saturated rings. The number of aromatic amines is 2. The minimum Gasteiger partial charge on any atom is -0.444 e. The van der Waals surface area contributed by atoms with Crippen molar-refractivity contribution in [3.05, 3.63) is 66.0 Å². The van der Waals surface area contributed by atoms with Gasteiger partial charge in [0.25, 0.3) is 5.91 Å². The van der Waals surface area contributed by atoms with Crippen molar-refractivity contribution >= 4 is 57.1 Å². The van der Waals surface area contributed by atoms with Gasteiger partial charge in [0.05, 0.1) is 34.0 Å². The molecule has 0 bridgehead atoms. The van der Waals surface area contributed by atoms with Crippen molar-refractivity contribution in [1.82, 2.24) is 30.0 Å². The van der Waals surface area contributed by atoms with E-state index >= 15 is 0 Å². The van der Waals surface area contributed by atoms with Crippen molar-refractivity contribution in [2.45, 2.75) is 33.3 Å². The fourth-order valence-electron chi connectivity index (χ4n) is 4.95. The number of amides is 2. The highest BCUT2D eigenvalue weighted by atomic mass is 16.6. The highest BCUT2D eigenvalue weighted by Crippen LogP contribution is 2.30. The van der Waals surface area contributed by atoms with Gasteiger partial charge in [-0.2, -0.15) is 5.10 Å². The van der Waals surface area contributed by atoms with Gasteiger partial charge in [0.1, 0.15) is 11.4 Å². The van der Waals surface area contributed by atoms with E-state index in [4.69, 9.17) is 9.72 Å². The third kappa shape index (κ3) is 5.69. The highest BCUT2D eigenvalue weighted by Gasteiger charge is 2.28. The summed E-state index contributed by atoms with van der Waals surface area (Å²) in [5.41, 5.74) is 4.52. The molecule has 1 aliphatic rings. The van der Waals surface area contributed by atoms with Crippen LogP contribution in [0, 0.1) is 6.92 Å². The van der Waals surface area contributed by atoms with E-state index in [-0.39, 0.29) is 12.0 Å². The van der Waals surface area contributed by atoms with Gasteiger partial charge in [-0.1, -0.05) is 6.07 Å². The quantitative estimate of drug-likeness (QED) is 0.227. The van der Waals surface area contributed by atoms with Crippen LogP contribution in [0.25, 0.3) is 21.9 Å². The molecule has 1 saturated heterocycles. The molecule has 4 heterocycles. The van der Waals surface area contributed by atoms with Crippen molar-refractivity contribution < 1.29 is 14.3 Å². The van der Waals surface area contributed by atoms with Crippen molar-refractivity contribution in [3.8, 4) is 0 Å². The number of nitrogens with one attached hydrogen (secondary N) is 4. The zero-order valence-electron chi connectivity index (χ0n) is 24.0. The maximum atomic E-state index is 13.8. The molecule has 0 saturated carbocycles. The van der Waals surface area contributed by atoms with E-state index in [1.807, 2.05) is 70.2 Å². The summed E-state index contributed by atoms with van der Waals surface area (Å²) in [4.78, 5) is 42.6. The summed E-state index contributed by atoms with van der Waals surface area (Å²) in [6, 6.07) is 13.2. The summed E-state index contributed by atoms with van der Waals surface area (Å²) in [7, 11) is 0. The molecule has 5 aromatic rings. The molecule has 12 nitrogen and oxygen atoms in total. The van der Waals surface area contributed by atoms with E-state index in [0.29, 0.717) is 60.2 Å². The zero-order chi connectivity index (χ0) is 29.4. The zero-order valence-corrected chi connectivity index (χ0v) is 24.0. The number of H-pyrrole nitrogens is 2. The normalized spacial score (nSPS) is 13.9. The Balaban J connectivity index is 1.30. The van der Waals surface area contributed by atoms with Crippen molar-refractivity contribution in [1.29, 1.82) is 0 Å². The Morgan fingerprint density at radius 3 is 2.60 bits per heavy atom. The summed E-state index contributed by atoms with van der Waals surface area (Å²) in [6.07, 6.45) is 3.12. The lowest BCUT2D eigenvalue weighted by molar-refractivity contribution is 0.0240. The number of pyridine rings is 1. The molecule has 2 amide bonds. The number of carbonyl (C=O) groups is 2. The maximum absolute atomic E-state index is 13.8. The minimum atomic E-state index is -0.566. The molecular weight excluding hydrogens is 534 g/mol. The van der Waals surface area contributed by atoms with Crippen LogP contribution in [0.5, 0.6) is 0 Å². The molecule has 0 unspecified atom stereocenters. The van der Waals surface area contributed by atoms with Crippen molar-refractivity contribution in [2.24, 2.45) is 0 Å². The Morgan fingerprint density at radius 2 is 1.83 bits per heavy atom. The van der Waals surface area contributed by atoms with E-state index in [9.17, 15) is 9.59 Å². The number of nitrogens with zero attached hydrogens (tertiary/aromatic N) is 5. The Morgan fingerprint density at radius 1 is 1.02 bits per heavy atom. The first-order valence-corrected chi connectivity index (χ1v) is 13.8. The first kappa shape index (κ1) is 27.1. The summed E-state index contributed by atoms with van der Waals surface area (Å²) in [6.45, 7) is 9.54. The number of aryl methyl sites for hydroxylation is 1. The Bertz CT molecular complexity index is 1780.